The molecule has 6 heteroatoms. The summed E-state index contributed by atoms with van der Waals surface area (Å²) in [6, 6.07) is 6.98. The van der Waals surface area contributed by atoms with Crippen molar-refractivity contribution >= 4 is 16.8 Å². The number of amides is 1. The van der Waals surface area contributed by atoms with Crippen molar-refractivity contribution in [1.29, 1.82) is 0 Å². The molecule has 1 heterocycles. The lowest BCUT2D eigenvalue weighted by atomic mass is 10.2. The number of hydrogen-bond acceptors (Lipinski definition) is 4. The van der Waals surface area contributed by atoms with Crippen LogP contribution in [0.15, 0.2) is 35.3 Å². The third-order valence-corrected chi connectivity index (χ3v) is 2.49. The summed E-state index contributed by atoms with van der Waals surface area (Å²) in [7, 11) is 0. The average Bonchev–Trinajstić information content (AvgIpc) is 2.40. The molecule has 1 aromatic heterocycles. The third-order valence-electron chi connectivity index (χ3n) is 2.49. The maximum Gasteiger partial charge on any atom is 0.241 e. The molecule has 0 aliphatic carbocycles. The Hall–Kier alpha value is -2.21. The highest BCUT2D eigenvalue weighted by molar-refractivity contribution is 5.81. The van der Waals surface area contributed by atoms with Gasteiger partial charge in [0.25, 0.3) is 0 Å². The van der Waals surface area contributed by atoms with Crippen LogP contribution in [0.2, 0.25) is 0 Å². The maximum atomic E-state index is 11.6. The topological polar surface area (TPSA) is 84.2 Å². The normalized spacial score (nSPS) is 10.5. The number of hydrogen-bond donors (Lipinski definition) is 2. The predicted octanol–water partition coefficient (Wildman–Crippen LogP) is -0.495. The van der Waals surface area contributed by atoms with E-state index in [1.54, 1.807) is 24.3 Å². The minimum Gasteiger partial charge on any atom is -0.395 e. The number of para-hydroxylation sites is 1. The Morgan fingerprint density at radius 3 is 2.94 bits per heavy atom. The van der Waals surface area contributed by atoms with Crippen LogP contribution in [0.3, 0.4) is 0 Å². The molecule has 2 rings (SSSR count). The Kier molecular flexibility index (Phi) is 3.69. The number of aliphatic hydroxyl groups is 1. The first-order chi connectivity index (χ1) is 8.72. The molecule has 94 valence electrons. The Labute approximate surface area is 103 Å². The highest BCUT2D eigenvalue weighted by Crippen LogP contribution is 2.07. The number of fused-ring (bicyclic) bond motifs is 1. The molecule has 0 fully saturated rings. The number of benzene rings is 1. The van der Waals surface area contributed by atoms with Gasteiger partial charge >= 0.3 is 0 Å². The van der Waals surface area contributed by atoms with Gasteiger partial charge in [-0.2, -0.15) is 5.10 Å². The zero-order valence-corrected chi connectivity index (χ0v) is 9.67. The Morgan fingerprint density at radius 2 is 2.17 bits per heavy atom. The van der Waals surface area contributed by atoms with E-state index >= 15 is 0 Å². The van der Waals surface area contributed by atoms with Crippen molar-refractivity contribution in [2.24, 2.45) is 0 Å². The monoisotopic (exact) mass is 247 g/mol. The largest absolute Gasteiger partial charge is 0.395 e. The molecule has 0 aliphatic rings. The van der Waals surface area contributed by atoms with Gasteiger partial charge < -0.3 is 10.4 Å². The van der Waals surface area contributed by atoms with E-state index in [0.29, 0.717) is 10.9 Å². The molecule has 0 atom stereocenters. The van der Waals surface area contributed by atoms with Crippen LogP contribution in [0, 0.1) is 0 Å². The van der Waals surface area contributed by atoms with Crippen LogP contribution in [0.25, 0.3) is 10.9 Å². The molecular formula is C12H13N3O3. The molecule has 0 bridgehead atoms. The summed E-state index contributed by atoms with van der Waals surface area (Å²) in [5, 5.41) is 15.6. The summed E-state index contributed by atoms with van der Waals surface area (Å²) in [6.07, 6.45) is 1.20. The Bertz CT molecular complexity index is 621. The number of nitrogens with zero attached hydrogens (tertiary/aromatic N) is 2. The zero-order valence-electron chi connectivity index (χ0n) is 9.67. The van der Waals surface area contributed by atoms with E-state index in [0.717, 1.165) is 0 Å². The van der Waals surface area contributed by atoms with Gasteiger partial charge in [-0.05, 0) is 12.1 Å². The zero-order chi connectivity index (χ0) is 13.0. The van der Waals surface area contributed by atoms with Crippen LogP contribution in [-0.2, 0) is 11.3 Å². The summed E-state index contributed by atoms with van der Waals surface area (Å²) >= 11 is 0. The van der Waals surface area contributed by atoms with E-state index in [4.69, 9.17) is 5.11 Å². The molecule has 0 spiro atoms. The Morgan fingerprint density at radius 1 is 1.39 bits per heavy atom. The SMILES string of the molecule is O=C(Cn1ncc(=O)c2ccccc21)NCCO. The summed E-state index contributed by atoms with van der Waals surface area (Å²) < 4.78 is 1.46. The quantitative estimate of drug-likeness (QED) is 0.763. The third kappa shape index (κ3) is 2.54. The van der Waals surface area contributed by atoms with Crippen molar-refractivity contribution in [3.05, 3.63) is 40.7 Å². The second-order valence-corrected chi connectivity index (χ2v) is 3.76. The molecule has 0 saturated carbocycles. The lowest BCUT2D eigenvalue weighted by Gasteiger charge is -2.08. The first-order valence-electron chi connectivity index (χ1n) is 5.55. The van der Waals surface area contributed by atoms with Crippen LogP contribution < -0.4 is 10.7 Å². The molecule has 0 aliphatic heterocycles. The summed E-state index contributed by atoms with van der Waals surface area (Å²) in [6.45, 7) is 0.113. The average molecular weight is 247 g/mol. The van der Waals surface area contributed by atoms with Crippen LogP contribution in [0.1, 0.15) is 0 Å². The first kappa shape index (κ1) is 12.3. The van der Waals surface area contributed by atoms with Crippen LogP contribution >= 0.6 is 0 Å². The van der Waals surface area contributed by atoms with Gasteiger partial charge in [0.2, 0.25) is 11.3 Å². The highest BCUT2D eigenvalue weighted by atomic mass is 16.3. The van der Waals surface area contributed by atoms with Crippen LogP contribution in [-0.4, -0.2) is 33.9 Å². The van der Waals surface area contributed by atoms with E-state index in [9.17, 15) is 9.59 Å². The van der Waals surface area contributed by atoms with Gasteiger partial charge in [-0.1, -0.05) is 12.1 Å². The number of carbonyl (C=O) groups is 1. The van der Waals surface area contributed by atoms with Gasteiger partial charge in [-0.25, -0.2) is 0 Å². The number of aliphatic hydroxyl groups excluding tert-OH is 1. The number of nitrogens with one attached hydrogen (secondary N) is 1. The van der Waals surface area contributed by atoms with E-state index in [2.05, 4.69) is 10.4 Å². The van der Waals surface area contributed by atoms with Gasteiger partial charge in [0, 0.05) is 11.9 Å². The van der Waals surface area contributed by atoms with Crippen LogP contribution in [0.5, 0.6) is 0 Å². The highest BCUT2D eigenvalue weighted by Gasteiger charge is 2.07. The molecular weight excluding hydrogens is 234 g/mol. The maximum absolute atomic E-state index is 11.6. The first-order valence-corrected chi connectivity index (χ1v) is 5.55. The minimum atomic E-state index is -0.259. The molecule has 0 unspecified atom stereocenters. The summed E-state index contributed by atoms with van der Waals surface area (Å²) in [5.41, 5.74) is 0.446. The van der Waals surface area contributed by atoms with Crippen LogP contribution in [0.4, 0.5) is 0 Å². The molecule has 1 amide bonds. The van der Waals surface area contributed by atoms with E-state index in [1.807, 2.05) is 0 Å². The Balaban J connectivity index is 2.32. The van der Waals surface area contributed by atoms with Gasteiger partial charge in [0.05, 0.1) is 18.3 Å². The van der Waals surface area contributed by atoms with Crippen molar-refractivity contribution in [1.82, 2.24) is 15.1 Å². The van der Waals surface area contributed by atoms with E-state index < -0.39 is 0 Å². The van der Waals surface area contributed by atoms with Crippen molar-refractivity contribution in [2.75, 3.05) is 13.2 Å². The lowest BCUT2D eigenvalue weighted by Crippen LogP contribution is -2.31. The number of rotatable bonds is 4. The van der Waals surface area contributed by atoms with E-state index in [1.165, 1.54) is 10.9 Å². The van der Waals surface area contributed by atoms with Gasteiger partial charge in [0.15, 0.2) is 0 Å². The molecule has 18 heavy (non-hydrogen) atoms. The van der Waals surface area contributed by atoms with Crippen molar-refractivity contribution in [2.45, 2.75) is 6.54 Å². The lowest BCUT2D eigenvalue weighted by molar-refractivity contribution is -0.121. The fourth-order valence-corrected chi connectivity index (χ4v) is 1.67. The molecule has 0 saturated heterocycles. The second-order valence-electron chi connectivity index (χ2n) is 3.76. The molecule has 0 radical (unpaired) electrons. The molecule has 2 N–H and O–H groups in total. The van der Waals surface area contributed by atoms with E-state index in [-0.39, 0.29) is 31.0 Å². The van der Waals surface area contributed by atoms with Gasteiger partial charge in [-0.15, -0.1) is 0 Å². The fourth-order valence-electron chi connectivity index (χ4n) is 1.67. The summed E-state index contributed by atoms with van der Waals surface area (Å²) in [5.74, 6) is -0.259. The predicted molar refractivity (Wildman–Crippen MR) is 66.1 cm³/mol. The molecule has 2 aromatic rings. The second kappa shape index (κ2) is 5.42. The minimum absolute atomic E-state index is 0.0147. The van der Waals surface area contributed by atoms with Gasteiger partial charge in [-0.3, -0.25) is 14.3 Å². The van der Waals surface area contributed by atoms with Crippen molar-refractivity contribution in [3.63, 3.8) is 0 Å². The summed E-state index contributed by atoms with van der Waals surface area (Å²) in [4.78, 5) is 23.1. The van der Waals surface area contributed by atoms with Crippen molar-refractivity contribution in [3.8, 4) is 0 Å². The number of aromatic nitrogens is 2. The van der Waals surface area contributed by atoms with Crippen molar-refractivity contribution < 1.29 is 9.90 Å². The number of carbonyl (C=O) groups excluding carboxylic acids is 1. The molecule has 1 aromatic carbocycles. The smallest absolute Gasteiger partial charge is 0.241 e. The molecule has 6 nitrogen and oxygen atoms in total. The fraction of sp³-hybridized carbons (Fsp3) is 0.250. The standard InChI is InChI=1S/C12H13N3O3/c16-6-5-13-12(18)8-15-10-4-2-1-3-9(10)11(17)7-14-15/h1-4,7,16H,5-6,8H2,(H,13,18). The van der Waals surface area contributed by atoms with Gasteiger partial charge in [0.1, 0.15) is 6.54 Å².